The van der Waals surface area contributed by atoms with Crippen LogP contribution in [0.4, 0.5) is 9.18 Å². The van der Waals surface area contributed by atoms with Gasteiger partial charge in [0, 0.05) is 39.3 Å². The second kappa shape index (κ2) is 8.68. The largest absolute Gasteiger partial charge is 0.494 e. The summed E-state index contributed by atoms with van der Waals surface area (Å²) in [4.78, 5) is 18.7. The van der Waals surface area contributed by atoms with Crippen LogP contribution < -0.4 is 4.74 Å². The molecule has 3 rings (SSSR count). The van der Waals surface area contributed by atoms with Gasteiger partial charge in [0.25, 0.3) is 0 Å². The molecule has 7 heteroatoms. The normalized spacial score (nSPS) is 21.5. The van der Waals surface area contributed by atoms with Crippen LogP contribution in [0.1, 0.15) is 18.4 Å². The van der Waals surface area contributed by atoms with Crippen LogP contribution in [0.3, 0.4) is 0 Å². The van der Waals surface area contributed by atoms with E-state index in [1.165, 1.54) is 13.2 Å². The van der Waals surface area contributed by atoms with Gasteiger partial charge in [-0.3, -0.25) is 4.90 Å². The van der Waals surface area contributed by atoms with Gasteiger partial charge in [0.15, 0.2) is 11.6 Å². The van der Waals surface area contributed by atoms with Crippen molar-refractivity contribution in [2.45, 2.75) is 25.4 Å². The number of amides is 2. The zero-order valence-corrected chi connectivity index (χ0v) is 15.6. The Labute approximate surface area is 154 Å². The Bertz CT molecular complexity index is 622. The highest BCUT2D eigenvalue weighted by atomic mass is 19.1. The molecule has 1 unspecified atom stereocenters. The molecule has 1 aromatic carbocycles. The number of morpholine rings is 1. The van der Waals surface area contributed by atoms with Crippen molar-refractivity contribution in [2.24, 2.45) is 0 Å². The SMILES string of the molecule is COc1ccc(CN2CCCC(N(C)C(=O)N3CCOCC3)C2)cc1F. The number of rotatable bonds is 4. The number of carbonyl (C=O) groups excluding carboxylic acids is 1. The summed E-state index contributed by atoms with van der Waals surface area (Å²) in [7, 11) is 3.35. The lowest BCUT2D eigenvalue weighted by Gasteiger charge is -2.40. The molecule has 2 heterocycles. The molecule has 26 heavy (non-hydrogen) atoms. The smallest absolute Gasteiger partial charge is 0.320 e. The van der Waals surface area contributed by atoms with E-state index in [2.05, 4.69) is 4.90 Å². The zero-order valence-electron chi connectivity index (χ0n) is 15.6. The van der Waals surface area contributed by atoms with Crippen LogP contribution in [0.25, 0.3) is 0 Å². The van der Waals surface area contributed by atoms with Crippen LogP contribution in [-0.4, -0.2) is 80.3 Å². The van der Waals surface area contributed by atoms with E-state index >= 15 is 0 Å². The van der Waals surface area contributed by atoms with Crippen molar-refractivity contribution in [2.75, 3.05) is 53.6 Å². The molecule has 0 aromatic heterocycles. The van der Waals surface area contributed by atoms with Gasteiger partial charge in [0.2, 0.25) is 0 Å². The molecule has 0 aliphatic carbocycles. The molecule has 1 aromatic rings. The molecule has 2 aliphatic rings. The molecule has 0 spiro atoms. The topological polar surface area (TPSA) is 45.2 Å². The Morgan fingerprint density at radius 1 is 1.35 bits per heavy atom. The quantitative estimate of drug-likeness (QED) is 0.821. The molecule has 2 amide bonds. The summed E-state index contributed by atoms with van der Waals surface area (Å²) in [6, 6.07) is 5.36. The summed E-state index contributed by atoms with van der Waals surface area (Å²) >= 11 is 0. The fraction of sp³-hybridized carbons (Fsp3) is 0.632. The van der Waals surface area contributed by atoms with Crippen LogP contribution in [0.2, 0.25) is 0 Å². The van der Waals surface area contributed by atoms with Crippen molar-refractivity contribution in [3.63, 3.8) is 0 Å². The number of benzene rings is 1. The maximum atomic E-state index is 13.9. The van der Waals surface area contributed by atoms with Gasteiger partial charge in [-0.05, 0) is 37.1 Å². The third-order valence-electron chi connectivity index (χ3n) is 5.23. The van der Waals surface area contributed by atoms with Crippen molar-refractivity contribution in [1.82, 2.24) is 14.7 Å². The van der Waals surface area contributed by atoms with Crippen LogP contribution in [-0.2, 0) is 11.3 Å². The lowest BCUT2D eigenvalue weighted by molar-refractivity contribution is 0.0365. The van der Waals surface area contributed by atoms with E-state index in [-0.39, 0.29) is 23.6 Å². The molecular formula is C19H28FN3O3. The Balaban J connectivity index is 1.58. The predicted molar refractivity (Wildman–Crippen MR) is 96.8 cm³/mol. The molecule has 2 fully saturated rings. The number of ether oxygens (including phenoxy) is 2. The molecule has 2 saturated heterocycles. The van der Waals surface area contributed by atoms with Crippen LogP contribution in [0, 0.1) is 5.82 Å². The molecule has 0 radical (unpaired) electrons. The van der Waals surface area contributed by atoms with Gasteiger partial charge in [-0.1, -0.05) is 6.07 Å². The van der Waals surface area contributed by atoms with Crippen molar-refractivity contribution in [3.05, 3.63) is 29.6 Å². The first kappa shape index (κ1) is 18.9. The Morgan fingerprint density at radius 3 is 2.81 bits per heavy atom. The van der Waals surface area contributed by atoms with Gasteiger partial charge in [0.1, 0.15) is 0 Å². The number of likely N-dealkylation sites (tertiary alicyclic amines) is 1. The Hall–Kier alpha value is -1.86. The number of piperidine rings is 1. The van der Waals surface area contributed by atoms with E-state index in [1.807, 2.05) is 22.9 Å². The van der Waals surface area contributed by atoms with Crippen molar-refractivity contribution in [1.29, 1.82) is 0 Å². The van der Waals surface area contributed by atoms with E-state index in [9.17, 15) is 9.18 Å². The summed E-state index contributed by atoms with van der Waals surface area (Å²) in [6.45, 7) is 4.98. The van der Waals surface area contributed by atoms with Gasteiger partial charge in [-0.2, -0.15) is 0 Å². The number of carbonyl (C=O) groups is 1. The number of likely N-dealkylation sites (N-methyl/N-ethyl adjacent to an activating group) is 1. The summed E-state index contributed by atoms with van der Waals surface area (Å²) in [5.74, 6) is -0.0701. The number of halogens is 1. The lowest BCUT2D eigenvalue weighted by Crippen LogP contribution is -2.54. The molecule has 0 bridgehead atoms. The minimum atomic E-state index is -0.335. The third-order valence-corrected chi connectivity index (χ3v) is 5.23. The molecule has 0 saturated carbocycles. The molecular weight excluding hydrogens is 337 g/mol. The average Bonchev–Trinajstić information content (AvgIpc) is 2.68. The lowest BCUT2D eigenvalue weighted by atomic mass is 10.0. The van der Waals surface area contributed by atoms with E-state index in [0.29, 0.717) is 32.8 Å². The maximum absolute atomic E-state index is 13.9. The second-order valence-electron chi connectivity index (χ2n) is 6.99. The molecule has 1 atom stereocenters. The first-order valence-corrected chi connectivity index (χ1v) is 9.22. The highest BCUT2D eigenvalue weighted by molar-refractivity contribution is 5.74. The first-order valence-electron chi connectivity index (χ1n) is 9.22. The molecule has 144 valence electrons. The predicted octanol–water partition coefficient (Wildman–Crippen LogP) is 2.18. The fourth-order valence-corrected chi connectivity index (χ4v) is 3.69. The van der Waals surface area contributed by atoms with Crippen molar-refractivity contribution >= 4 is 6.03 Å². The Morgan fingerprint density at radius 2 is 2.12 bits per heavy atom. The number of hydrogen-bond acceptors (Lipinski definition) is 4. The standard InChI is InChI=1S/C19H28FN3O3/c1-21(19(24)23-8-10-26-11-9-23)16-4-3-7-22(14-16)13-15-5-6-18(25-2)17(20)12-15/h5-6,12,16H,3-4,7-11,13-14H2,1-2H3. The van der Waals surface area contributed by atoms with E-state index in [4.69, 9.17) is 9.47 Å². The van der Waals surface area contributed by atoms with Gasteiger partial charge in [-0.25, -0.2) is 9.18 Å². The number of urea groups is 1. The van der Waals surface area contributed by atoms with E-state index < -0.39 is 0 Å². The van der Waals surface area contributed by atoms with Gasteiger partial charge in [-0.15, -0.1) is 0 Å². The first-order chi connectivity index (χ1) is 12.6. The van der Waals surface area contributed by atoms with Gasteiger partial charge in [0.05, 0.1) is 20.3 Å². The second-order valence-corrected chi connectivity index (χ2v) is 6.99. The highest BCUT2D eigenvalue weighted by Crippen LogP contribution is 2.22. The highest BCUT2D eigenvalue weighted by Gasteiger charge is 2.29. The van der Waals surface area contributed by atoms with Crippen LogP contribution in [0.5, 0.6) is 5.75 Å². The minimum absolute atomic E-state index is 0.0793. The van der Waals surface area contributed by atoms with Gasteiger partial charge < -0.3 is 19.3 Å². The number of methoxy groups -OCH3 is 1. The molecule has 6 nitrogen and oxygen atoms in total. The number of nitrogens with zero attached hydrogens (tertiary/aromatic N) is 3. The summed E-state index contributed by atoms with van der Waals surface area (Å²) < 4.78 is 24.2. The van der Waals surface area contributed by atoms with Gasteiger partial charge >= 0.3 is 6.03 Å². The maximum Gasteiger partial charge on any atom is 0.320 e. The van der Waals surface area contributed by atoms with Crippen LogP contribution in [0.15, 0.2) is 18.2 Å². The number of hydrogen-bond donors (Lipinski definition) is 0. The minimum Gasteiger partial charge on any atom is -0.494 e. The van der Waals surface area contributed by atoms with Crippen molar-refractivity contribution in [3.8, 4) is 5.75 Å². The van der Waals surface area contributed by atoms with Crippen molar-refractivity contribution < 1.29 is 18.7 Å². The monoisotopic (exact) mass is 365 g/mol. The molecule has 0 N–H and O–H groups in total. The summed E-state index contributed by atoms with van der Waals surface area (Å²) in [6.07, 6.45) is 2.03. The zero-order chi connectivity index (χ0) is 18.5. The van der Waals surface area contributed by atoms with E-state index in [1.54, 1.807) is 6.07 Å². The van der Waals surface area contributed by atoms with Crippen LogP contribution >= 0.6 is 0 Å². The third kappa shape index (κ3) is 4.45. The van der Waals surface area contributed by atoms with E-state index in [0.717, 1.165) is 31.5 Å². The fourth-order valence-electron chi connectivity index (χ4n) is 3.69. The average molecular weight is 365 g/mol. The summed E-state index contributed by atoms with van der Waals surface area (Å²) in [5, 5.41) is 0. The Kier molecular flexibility index (Phi) is 6.32. The molecule has 2 aliphatic heterocycles. The summed E-state index contributed by atoms with van der Waals surface area (Å²) in [5.41, 5.74) is 0.922.